The second-order valence-corrected chi connectivity index (χ2v) is 6.15. The van der Waals surface area contributed by atoms with Crippen LogP contribution in [0.3, 0.4) is 0 Å². The number of hydrogen-bond donors (Lipinski definition) is 2. The van der Waals surface area contributed by atoms with Crippen LogP contribution < -0.4 is 11.3 Å². The molecule has 3 N–H and O–H groups in total. The normalized spacial score (nSPS) is 14.7. The highest BCUT2D eigenvalue weighted by Gasteiger charge is 2.33. The minimum Gasteiger partial charge on any atom is -0.465 e. The van der Waals surface area contributed by atoms with Crippen molar-refractivity contribution in [1.82, 2.24) is 9.55 Å². The smallest absolute Gasteiger partial charge is 0.433 e. The number of carbonyl (C=O) groups excluding carboxylic acids is 1. The molecule has 1 unspecified atom stereocenters. The Morgan fingerprint density at radius 3 is 2.48 bits per heavy atom. The minimum atomic E-state index is -4.83. The third kappa shape index (κ3) is 3.54. The van der Waals surface area contributed by atoms with Crippen LogP contribution in [0.2, 0.25) is 0 Å². The number of ether oxygens (including phenoxy) is 1. The number of fused-ring (bicyclic) bond motifs is 1. The molecule has 0 bridgehead atoms. The maximum Gasteiger partial charge on any atom is 0.433 e. The molecule has 0 fully saturated rings. The number of pyridine rings is 2. The Bertz CT molecular complexity index is 1250. The van der Waals surface area contributed by atoms with Gasteiger partial charge in [0.2, 0.25) is 0 Å². The molecule has 0 saturated heterocycles. The van der Waals surface area contributed by atoms with Gasteiger partial charge >= 0.3 is 12.1 Å². The molecule has 0 aliphatic heterocycles. The van der Waals surface area contributed by atoms with Crippen LogP contribution in [0.25, 0.3) is 16.7 Å². The van der Waals surface area contributed by atoms with Crippen molar-refractivity contribution in [2.75, 3.05) is 12.8 Å². The number of aromatic nitrogens is 2. The number of nitrogens with two attached hydrogens (primary N) is 1. The molecule has 3 aromatic rings. The van der Waals surface area contributed by atoms with E-state index < -0.39 is 53.4 Å². The van der Waals surface area contributed by atoms with Gasteiger partial charge in [-0.15, -0.1) is 0 Å². The van der Waals surface area contributed by atoms with E-state index in [0.29, 0.717) is 16.2 Å². The first-order valence-corrected chi connectivity index (χ1v) is 8.15. The average Bonchev–Trinajstić information content (AvgIpc) is 2.66. The molecule has 3 rings (SSSR count). The number of halogens is 3. The van der Waals surface area contributed by atoms with Crippen molar-refractivity contribution in [3.63, 3.8) is 0 Å². The molecule has 0 spiro atoms. The highest BCUT2D eigenvalue weighted by atomic mass is 19.4. The maximum atomic E-state index is 13.2. The van der Waals surface area contributed by atoms with Gasteiger partial charge in [-0.1, -0.05) is 12.1 Å². The second kappa shape index (κ2) is 7.21. The largest absolute Gasteiger partial charge is 0.465 e. The standard InChI is InChI=1S/C19H16F3N3O4/c1-9(26)10-3-5-11(6-4-10)25-16-12(7-8-13(24-16)19(20,21)22)15(23)14(17(25)27)18(28)29-2/h3-9,26H,23H2,1-2H3/i2D3. The van der Waals surface area contributed by atoms with Crippen molar-refractivity contribution in [3.05, 3.63) is 63.6 Å². The van der Waals surface area contributed by atoms with E-state index in [0.717, 1.165) is 6.07 Å². The van der Waals surface area contributed by atoms with Gasteiger partial charge in [0.25, 0.3) is 5.56 Å². The number of alkyl halides is 3. The zero-order chi connectivity index (χ0) is 24.0. The Balaban J connectivity index is 2.39. The summed E-state index contributed by atoms with van der Waals surface area (Å²) < 4.78 is 65.9. The zero-order valence-corrected chi connectivity index (χ0v) is 14.8. The molecule has 0 saturated carbocycles. The minimum absolute atomic E-state index is 0.000779. The first-order valence-electron chi connectivity index (χ1n) is 9.65. The molecule has 29 heavy (non-hydrogen) atoms. The number of carbonyl (C=O) groups is 1. The first kappa shape index (κ1) is 16.5. The van der Waals surface area contributed by atoms with Crippen molar-refractivity contribution in [3.8, 4) is 5.69 Å². The van der Waals surface area contributed by atoms with Gasteiger partial charge in [0.1, 0.15) is 16.9 Å². The fourth-order valence-corrected chi connectivity index (χ4v) is 2.83. The van der Waals surface area contributed by atoms with Crippen molar-refractivity contribution in [2.45, 2.75) is 19.2 Å². The number of hydrogen-bond acceptors (Lipinski definition) is 6. The molecule has 0 aliphatic rings. The molecule has 152 valence electrons. The van der Waals surface area contributed by atoms with E-state index in [1.807, 2.05) is 0 Å². The van der Waals surface area contributed by atoms with Crippen LogP contribution in [0.5, 0.6) is 0 Å². The molecule has 7 nitrogen and oxygen atoms in total. The number of rotatable bonds is 3. The molecule has 0 aliphatic carbocycles. The van der Waals surface area contributed by atoms with E-state index in [4.69, 9.17) is 9.85 Å². The molecule has 2 aromatic heterocycles. The maximum absolute atomic E-state index is 13.2. The van der Waals surface area contributed by atoms with Crippen molar-refractivity contribution < 1.29 is 31.9 Å². The predicted molar refractivity (Wildman–Crippen MR) is 98.7 cm³/mol. The lowest BCUT2D eigenvalue weighted by atomic mass is 10.1. The van der Waals surface area contributed by atoms with Crippen molar-refractivity contribution in [2.24, 2.45) is 0 Å². The average molecular weight is 410 g/mol. The topological polar surface area (TPSA) is 107 Å². The SMILES string of the molecule is [2H]C([2H])([2H])OC(=O)c1c(N)c2ccc(C(F)(F)F)nc2n(-c2ccc(C(C)O)cc2)c1=O. The summed E-state index contributed by atoms with van der Waals surface area (Å²) in [6.45, 7) is 1.49. The van der Waals surface area contributed by atoms with Crippen LogP contribution in [-0.2, 0) is 10.9 Å². The lowest BCUT2D eigenvalue weighted by Gasteiger charge is -2.16. The molecule has 10 heteroatoms. The Kier molecular flexibility index (Phi) is 4.11. The fraction of sp³-hybridized carbons (Fsp3) is 0.211. The van der Waals surface area contributed by atoms with Gasteiger partial charge in [-0.25, -0.2) is 9.78 Å². The van der Waals surface area contributed by atoms with Gasteiger partial charge in [-0.2, -0.15) is 13.2 Å². The van der Waals surface area contributed by atoms with Gasteiger partial charge < -0.3 is 15.6 Å². The monoisotopic (exact) mass is 410 g/mol. The number of methoxy groups -OCH3 is 1. The van der Waals surface area contributed by atoms with Crippen molar-refractivity contribution >= 4 is 22.7 Å². The highest BCUT2D eigenvalue weighted by Crippen LogP contribution is 2.31. The number of aliphatic hydroxyl groups is 1. The highest BCUT2D eigenvalue weighted by molar-refractivity contribution is 6.03. The summed E-state index contributed by atoms with van der Waals surface area (Å²) in [5.74, 6) is -1.57. The summed E-state index contributed by atoms with van der Waals surface area (Å²) in [5.41, 5.74) is 1.84. The number of anilines is 1. The summed E-state index contributed by atoms with van der Waals surface area (Å²) in [6.07, 6.45) is -5.69. The predicted octanol–water partition coefficient (Wildman–Crippen LogP) is 2.83. The first-order chi connectivity index (χ1) is 14.7. The van der Waals surface area contributed by atoms with Gasteiger partial charge in [0, 0.05) is 5.39 Å². The molecule has 1 atom stereocenters. The Morgan fingerprint density at radius 1 is 1.28 bits per heavy atom. The van der Waals surface area contributed by atoms with E-state index in [2.05, 4.69) is 9.72 Å². The van der Waals surface area contributed by atoms with Crippen LogP contribution >= 0.6 is 0 Å². The van der Waals surface area contributed by atoms with E-state index in [1.54, 1.807) is 0 Å². The van der Waals surface area contributed by atoms with Crippen LogP contribution in [0, 0.1) is 0 Å². The molecule has 1 aromatic carbocycles. The van der Waals surface area contributed by atoms with Crippen LogP contribution in [0.4, 0.5) is 18.9 Å². The lowest BCUT2D eigenvalue weighted by Crippen LogP contribution is -2.29. The van der Waals surface area contributed by atoms with Gasteiger partial charge in [0.05, 0.1) is 28.6 Å². The summed E-state index contributed by atoms with van der Waals surface area (Å²) in [7, 11) is -3.19. The van der Waals surface area contributed by atoms with Gasteiger partial charge in [-0.3, -0.25) is 9.36 Å². The summed E-state index contributed by atoms with van der Waals surface area (Å²) in [6, 6.07) is 7.01. The van der Waals surface area contributed by atoms with E-state index in [9.17, 15) is 27.9 Å². The quantitative estimate of drug-likeness (QED) is 0.643. The zero-order valence-electron chi connectivity index (χ0n) is 17.8. The molecule has 2 heterocycles. The Labute approximate surface area is 166 Å². The summed E-state index contributed by atoms with van der Waals surface area (Å²) in [5, 5.41) is 9.46. The molecule has 0 radical (unpaired) electrons. The Morgan fingerprint density at radius 2 is 1.93 bits per heavy atom. The molecule has 0 amide bonds. The molecular formula is C19H16F3N3O4. The number of nitrogens with zero attached hydrogens (tertiary/aromatic N) is 2. The van der Waals surface area contributed by atoms with Gasteiger partial charge in [0.15, 0.2) is 0 Å². The van der Waals surface area contributed by atoms with Crippen LogP contribution in [0.1, 0.15) is 38.8 Å². The lowest BCUT2D eigenvalue weighted by molar-refractivity contribution is -0.141. The number of aliphatic hydroxyl groups excluding tert-OH is 1. The van der Waals surface area contributed by atoms with E-state index in [1.165, 1.54) is 31.2 Å². The molecular weight excluding hydrogens is 391 g/mol. The second-order valence-electron chi connectivity index (χ2n) is 6.15. The third-order valence-corrected chi connectivity index (χ3v) is 4.28. The van der Waals surface area contributed by atoms with E-state index in [-0.39, 0.29) is 11.1 Å². The summed E-state index contributed by atoms with van der Waals surface area (Å²) in [4.78, 5) is 29.1. The summed E-state index contributed by atoms with van der Waals surface area (Å²) >= 11 is 0. The Hall–Kier alpha value is -3.40. The number of benzene rings is 1. The number of nitrogen functional groups attached to an aromatic ring is 1. The third-order valence-electron chi connectivity index (χ3n) is 4.28. The fourth-order valence-electron chi connectivity index (χ4n) is 2.83. The number of esters is 1. The van der Waals surface area contributed by atoms with Crippen LogP contribution in [-0.4, -0.2) is 27.7 Å². The van der Waals surface area contributed by atoms with Gasteiger partial charge in [-0.05, 0) is 36.8 Å². The van der Waals surface area contributed by atoms with Crippen LogP contribution in [0.15, 0.2) is 41.2 Å². The van der Waals surface area contributed by atoms with Crippen molar-refractivity contribution in [1.29, 1.82) is 0 Å². The van der Waals surface area contributed by atoms with E-state index >= 15 is 0 Å².